The fourth-order valence-corrected chi connectivity index (χ4v) is 2.87. The summed E-state index contributed by atoms with van der Waals surface area (Å²) in [6, 6.07) is 14.0. The lowest BCUT2D eigenvalue weighted by Gasteiger charge is -2.09. The molecule has 6 heteroatoms. The van der Waals surface area contributed by atoms with Crippen LogP contribution in [0.5, 0.6) is 5.75 Å². The summed E-state index contributed by atoms with van der Waals surface area (Å²) in [6.07, 6.45) is 0.733. The van der Waals surface area contributed by atoms with E-state index in [0.29, 0.717) is 17.0 Å². The van der Waals surface area contributed by atoms with Crippen LogP contribution in [-0.2, 0) is 11.2 Å². The Labute approximate surface area is 152 Å². The second kappa shape index (κ2) is 7.53. The van der Waals surface area contributed by atoms with Gasteiger partial charge in [-0.15, -0.1) is 0 Å². The van der Waals surface area contributed by atoms with Crippen LogP contribution in [0.3, 0.4) is 0 Å². The summed E-state index contributed by atoms with van der Waals surface area (Å²) in [5.74, 6) is 0.182. The molecule has 25 heavy (non-hydrogen) atoms. The van der Waals surface area contributed by atoms with Crippen molar-refractivity contribution < 1.29 is 13.9 Å². The first kappa shape index (κ1) is 17.2. The Balaban J connectivity index is 1.72. The third kappa shape index (κ3) is 4.09. The Morgan fingerprint density at radius 2 is 2.00 bits per heavy atom. The largest absolute Gasteiger partial charge is 0.484 e. The maximum atomic E-state index is 12.0. The number of fused-ring (bicyclic) bond motifs is 1. The Morgan fingerprint density at radius 3 is 2.76 bits per heavy atom. The molecule has 0 saturated carbocycles. The fraction of sp³-hybridized carbons (Fsp3) is 0.158. The van der Waals surface area contributed by atoms with E-state index in [1.165, 1.54) is 6.07 Å². The highest BCUT2D eigenvalue weighted by molar-refractivity contribution is 9.10. The van der Waals surface area contributed by atoms with Gasteiger partial charge in [0.1, 0.15) is 11.3 Å². The predicted molar refractivity (Wildman–Crippen MR) is 100 cm³/mol. The summed E-state index contributed by atoms with van der Waals surface area (Å²) in [6.45, 7) is 1.83. The van der Waals surface area contributed by atoms with Crippen molar-refractivity contribution in [1.29, 1.82) is 0 Å². The van der Waals surface area contributed by atoms with E-state index in [2.05, 4.69) is 21.2 Å². The van der Waals surface area contributed by atoms with Crippen molar-refractivity contribution in [1.82, 2.24) is 0 Å². The molecule has 0 aliphatic rings. The van der Waals surface area contributed by atoms with E-state index in [1.807, 2.05) is 31.2 Å². The minimum absolute atomic E-state index is 0.148. The number of halogens is 1. The Bertz CT molecular complexity index is 981. The topological polar surface area (TPSA) is 68.5 Å². The average molecular weight is 402 g/mol. The number of carbonyl (C=O) groups excluding carboxylic acids is 1. The number of ether oxygens (including phenoxy) is 1. The molecule has 0 atom stereocenters. The maximum Gasteiger partial charge on any atom is 0.336 e. The molecule has 1 N–H and O–H groups in total. The Kier molecular flexibility index (Phi) is 5.19. The standard InChI is InChI=1S/C19H16BrNO4/c1-2-12-9-19(23)25-17-10-13(7-8-14(12)17)24-11-18(22)21-16-6-4-3-5-15(16)20/h3-10H,2,11H2,1H3,(H,21,22). The summed E-state index contributed by atoms with van der Waals surface area (Å²) in [4.78, 5) is 23.6. The first-order valence-electron chi connectivity index (χ1n) is 7.81. The van der Waals surface area contributed by atoms with Gasteiger partial charge in [-0.1, -0.05) is 19.1 Å². The number of rotatable bonds is 5. The van der Waals surface area contributed by atoms with Crippen LogP contribution in [0.25, 0.3) is 11.0 Å². The first-order chi connectivity index (χ1) is 12.1. The highest BCUT2D eigenvalue weighted by Crippen LogP contribution is 2.24. The van der Waals surface area contributed by atoms with E-state index < -0.39 is 5.63 Å². The van der Waals surface area contributed by atoms with Crippen molar-refractivity contribution in [3.05, 3.63) is 69.0 Å². The molecule has 0 spiro atoms. The van der Waals surface area contributed by atoms with Crippen LogP contribution in [0.4, 0.5) is 5.69 Å². The van der Waals surface area contributed by atoms with E-state index in [9.17, 15) is 9.59 Å². The van der Waals surface area contributed by atoms with Gasteiger partial charge < -0.3 is 14.5 Å². The van der Waals surface area contributed by atoms with E-state index in [1.54, 1.807) is 18.2 Å². The number of amides is 1. The zero-order chi connectivity index (χ0) is 17.8. The SMILES string of the molecule is CCc1cc(=O)oc2cc(OCC(=O)Nc3ccccc3Br)ccc12. The van der Waals surface area contributed by atoms with Gasteiger partial charge in [-0.05, 0) is 52.2 Å². The van der Waals surface area contributed by atoms with Gasteiger partial charge in [-0.3, -0.25) is 4.79 Å². The van der Waals surface area contributed by atoms with E-state index in [0.717, 1.165) is 21.8 Å². The lowest BCUT2D eigenvalue weighted by molar-refractivity contribution is -0.118. The van der Waals surface area contributed by atoms with Gasteiger partial charge >= 0.3 is 5.63 Å². The molecule has 0 aliphatic heterocycles. The maximum absolute atomic E-state index is 12.0. The van der Waals surface area contributed by atoms with Gasteiger partial charge in [-0.25, -0.2) is 4.79 Å². The van der Waals surface area contributed by atoms with E-state index in [4.69, 9.17) is 9.15 Å². The van der Waals surface area contributed by atoms with Crippen LogP contribution >= 0.6 is 15.9 Å². The highest BCUT2D eigenvalue weighted by atomic mass is 79.9. The quantitative estimate of drug-likeness (QED) is 0.652. The zero-order valence-electron chi connectivity index (χ0n) is 13.5. The molecule has 1 heterocycles. The Morgan fingerprint density at radius 1 is 1.20 bits per heavy atom. The molecule has 3 aromatic rings. The van der Waals surface area contributed by atoms with Crippen molar-refractivity contribution in [2.24, 2.45) is 0 Å². The Hall–Kier alpha value is -2.60. The summed E-state index contributed by atoms with van der Waals surface area (Å²) in [7, 11) is 0. The van der Waals surface area contributed by atoms with E-state index in [-0.39, 0.29) is 12.5 Å². The molecular formula is C19H16BrNO4. The van der Waals surface area contributed by atoms with Gasteiger partial charge in [0.2, 0.25) is 0 Å². The highest BCUT2D eigenvalue weighted by Gasteiger charge is 2.09. The van der Waals surface area contributed by atoms with Gasteiger partial charge in [0.05, 0.1) is 5.69 Å². The smallest absolute Gasteiger partial charge is 0.336 e. The van der Waals surface area contributed by atoms with Crippen molar-refractivity contribution in [3.63, 3.8) is 0 Å². The number of hydrogen-bond acceptors (Lipinski definition) is 4. The summed E-state index contributed by atoms with van der Waals surface area (Å²) >= 11 is 3.37. The van der Waals surface area contributed by atoms with Crippen LogP contribution in [0.2, 0.25) is 0 Å². The molecule has 0 fully saturated rings. The molecule has 2 aromatic carbocycles. The number of benzene rings is 2. The molecule has 0 unspecified atom stereocenters. The molecular weight excluding hydrogens is 386 g/mol. The fourth-order valence-electron chi connectivity index (χ4n) is 2.49. The van der Waals surface area contributed by atoms with Crippen LogP contribution in [0.15, 0.2) is 62.2 Å². The molecule has 1 aromatic heterocycles. The minimum atomic E-state index is -0.395. The van der Waals surface area contributed by atoms with Crippen LogP contribution < -0.4 is 15.7 Å². The third-order valence-electron chi connectivity index (χ3n) is 3.70. The van der Waals surface area contributed by atoms with Crippen LogP contribution in [0, 0.1) is 0 Å². The van der Waals surface area contributed by atoms with Crippen molar-refractivity contribution >= 4 is 38.5 Å². The number of carbonyl (C=O) groups is 1. The van der Waals surface area contributed by atoms with Crippen molar-refractivity contribution in [3.8, 4) is 5.75 Å². The summed E-state index contributed by atoms with van der Waals surface area (Å²) < 4.78 is 11.5. The minimum Gasteiger partial charge on any atom is -0.484 e. The molecule has 0 radical (unpaired) electrons. The van der Waals surface area contributed by atoms with Crippen LogP contribution in [0.1, 0.15) is 12.5 Å². The molecule has 0 aliphatic carbocycles. The molecule has 1 amide bonds. The zero-order valence-corrected chi connectivity index (χ0v) is 15.1. The average Bonchev–Trinajstić information content (AvgIpc) is 2.60. The van der Waals surface area contributed by atoms with Gasteiger partial charge in [-0.2, -0.15) is 0 Å². The number of para-hydroxylation sites is 1. The molecule has 0 saturated heterocycles. The molecule has 0 bridgehead atoms. The number of aryl methyl sites for hydroxylation is 1. The number of hydrogen-bond donors (Lipinski definition) is 1. The number of anilines is 1. The van der Waals surface area contributed by atoms with Crippen molar-refractivity contribution in [2.45, 2.75) is 13.3 Å². The van der Waals surface area contributed by atoms with Gasteiger partial charge in [0, 0.05) is 22.0 Å². The first-order valence-corrected chi connectivity index (χ1v) is 8.60. The molecule has 3 rings (SSSR count). The van der Waals surface area contributed by atoms with Gasteiger partial charge in [0.15, 0.2) is 6.61 Å². The van der Waals surface area contributed by atoms with Crippen LogP contribution in [-0.4, -0.2) is 12.5 Å². The normalized spacial score (nSPS) is 10.6. The summed E-state index contributed by atoms with van der Waals surface area (Å²) in [5, 5.41) is 3.63. The monoisotopic (exact) mass is 401 g/mol. The molecule has 5 nitrogen and oxygen atoms in total. The third-order valence-corrected chi connectivity index (χ3v) is 4.39. The lowest BCUT2D eigenvalue weighted by atomic mass is 10.1. The van der Waals surface area contributed by atoms with Crippen molar-refractivity contribution in [2.75, 3.05) is 11.9 Å². The molecule has 128 valence electrons. The number of nitrogens with one attached hydrogen (secondary N) is 1. The van der Waals surface area contributed by atoms with E-state index >= 15 is 0 Å². The second-order valence-corrected chi connectivity index (χ2v) is 6.27. The van der Waals surface area contributed by atoms with Gasteiger partial charge in [0.25, 0.3) is 5.91 Å². The predicted octanol–water partition coefficient (Wildman–Crippen LogP) is 4.14. The lowest BCUT2D eigenvalue weighted by Crippen LogP contribution is -2.20. The second-order valence-electron chi connectivity index (χ2n) is 5.42. The summed E-state index contributed by atoms with van der Waals surface area (Å²) in [5.41, 5.74) is 1.65.